The number of imidazole rings is 1. The average Bonchev–Trinajstić information content (AvgIpc) is 3.04. The first-order valence-electron chi connectivity index (χ1n) is 6.13. The first kappa shape index (κ1) is 12.9. The number of fused-ring (bicyclic) bond motifs is 1. The molecule has 0 amide bonds. The Morgan fingerprint density at radius 1 is 1.30 bits per heavy atom. The molecule has 3 aromatic heterocycles. The van der Waals surface area contributed by atoms with Crippen molar-refractivity contribution >= 4 is 28.4 Å². The lowest BCUT2D eigenvalue weighted by Crippen LogP contribution is -2.29. The fourth-order valence-electron chi connectivity index (χ4n) is 2.24. The van der Waals surface area contributed by atoms with Gasteiger partial charge in [-0.3, -0.25) is 4.57 Å². The molecular weight excluding hydrogens is 274 g/mol. The van der Waals surface area contributed by atoms with E-state index < -0.39 is 5.54 Å². The van der Waals surface area contributed by atoms with Gasteiger partial charge in [-0.25, -0.2) is 9.97 Å². The number of ether oxygens (including phenoxy) is 1. The lowest BCUT2D eigenvalue weighted by Gasteiger charge is -2.25. The minimum absolute atomic E-state index is 0.418. The number of hydrogen-bond acceptors (Lipinski definition) is 6. The van der Waals surface area contributed by atoms with Crippen molar-refractivity contribution in [2.24, 2.45) is 0 Å². The zero-order chi connectivity index (χ0) is 14.3. The van der Waals surface area contributed by atoms with Gasteiger partial charge in [0.05, 0.1) is 12.6 Å². The van der Waals surface area contributed by atoms with Crippen LogP contribution in [-0.4, -0.2) is 26.6 Å². The number of pyridine rings is 1. The van der Waals surface area contributed by atoms with Gasteiger partial charge in [-0.05, 0) is 19.9 Å². The summed E-state index contributed by atoms with van der Waals surface area (Å²) in [6.07, 6.45) is 1.78. The van der Waals surface area contributed by atoms with Crippen LogP contribution in [0.4, 0.5) is 5.95 Å². The number of hydrogen-bond donors (Lipinski definition) is 1. The van der Waals surface area contributed by atoms with Crippen molar-refractivity contribution in [3.8, 4) is 5.88 Å². The van der Waals surface area contributed by atoms with E-state index in [1.54, 1.807) is 30.7 Å². The van der Waals surface area contributed by atoms with Gasteiger partial charge in [-0.15, -0.1) is 11.3 Å². The van der Waals surface area contributed by atoms with Crippen LogP contribution >= 0.6 is 11.3 Å². The van der Waals surface area contributed by atoms with Gasteiger partial charge in [-0.1, -0.05) is 0 Å². The number of anilines is 1. The molecular formula is C13H15N5OS. The van der Waals surface area contributed by atoms with Crippen LogP contribution in [-0.2, 0) is 5.54 Å². The van der Waals surface area contributed by atoms with Crippen molar-refractivity contribution in [2.45, 2.75) is 19.4 Å². The highest BCUT2D eigenvalue weighted by molar-refractivity contribution is 7.09. The second-order valence-electron chi connectivity index (χ2n) is 4.90. The van der Waals surface area contributed by atoms with Gasteiger partial charge in [-0.2, -0.15) is 4.98 Å². The minimum atomic E-state index is -0.424. The highest BCUT2D eigenvalue weighted by Crippen LogP contribution is 2.33. The quantitative estimate of drug-likeness (QED) is 0.800. The zero-order valence-electron chi connectivity index (χ0n) is 11.5. The number of nitrogens with two attached hydrogens (primary N) is 1. The van der Waals surface area contributed by atoms with Crippen molar-refractivity contribution in [1.29, 1.82) is 0 Å². The molecule has 3 aromatic rings. The number of thiazole rings is 1. The molecule has 20 heavy (non-hydrogen) atoms. The molecule has 7 heteroatoms. The standard InChI is InChI=1S/C13H15N5OS/c1-13(2,11-15-6-7-20-11)18-10-8(16-12(18)14)4-5-9(17-10)19-3/h4-7H,1-3H3,(H2,14,16). The zero-order valence-corrected chi connectivity index (χ0v) is 12.3. The van der Waals surface area contributed by atoms with Crippen LogP contribution in [0.5, 0.6) is 5.88 Å². The molecule has 6 nitrogen and oxygen atoms in total. The van der Waals surface area contributed by atoms with Gasteiger partial charge < -0.3 is 10.5 Å². The summed E-state index contributed by atoms with van der Waals surface area (Å²) >= 11 is 1.58. The van der Waals surface area contributed by atoms with Crippen molar-refractivity contribution < 1.29 is 4.74 Å². The van der Waals surface area contributed by atoms with E-state index >= 15 is 0 Å². The summed E-state index contributed by atoms with van der Waals surface area (Å²) in [4.78, 5) is 13.2. The van der Waals surface area contributed by atoms with Crippen LogP contribution in [0.3, 0.4) is 0 Å². The Kier molecular flexibility index (Phi) is 2.86. The van der Waals surface area contributed by atoms with E-state index in [4.69, 9.17) is 10.5 Å². The van der Waals surface area contributed by atoms with Gasteiger partial charge in [0.15, 0.2) is 5.65 Å². The van der Waals surface area contributed by atoms with Crippen molar-refractivity contribution in [2.75, 3.05) is 12.8 Å². The van der Waals surface area contributed by atoms with Gasteiger partial charge in [0.25, 0.3) is 0 Å². The summed E-state index contributed by atoms with van der Waals surface area (Å²) in [5.74, 6) is 0.953. The lowest BCUT2D eigenvalue weighted by atomic mass is 10.1. The third kappa shape index (κ3) is 1.82. The predicted molar refractivity (Wildman–Crippen MR) is 79.0 cm³/mol. The number of nitrogens with zero attached hydrogens (tertiary/aromatic N) is 4. The Bertz CT molecular complexity index is 748. The second-order valence-corrected chi connectivity index (χ2v) is 5.79. The van der Waals surface area contributed by atoms with Crippen molar-refractivity contribution in [3.63, 3.8) is 0 Å². The van der Waals surface area contributed by atoms with Crippen molar-refractivity contribution in [1.82, 2.24) is 19.5 Å². The first-order chi connectivity index (χ1) is 9.54. The van der Waals surface area contributed by atoms with Gasteiger partial charge in [0.2, 0.25) is 11.8 Å². The Labute approximate surface area is 120 Å². The van der Waals surface area contributed by atoms with E-state index in [2.05, 4.69) is 15.0 Å². The second kappa shape index (κ2) is 4.45. The van der Waals surface area contributed by atoms with Crippen LogP contribution in [0.25, 0.3) is 11.2 Å². The topological polar surface area (TPSA) is 78.9 Å². The summed E-state index contributed by atoms with van der Waals surface area (Å²) in [6, 6.07) is 3.63. The van der Waals surface area contributed by atoms with Gasteiger partial charge in [0, 0.05) is 17.6 Å². The highest BCUT2D eigenvalue weighted by atomic mass is 32.1. The van der Waals surface area contributed by atoms with Crippen LogP contribution in [0.15, 0.2) is 23.7 Å². The number of rotatable bonds is 3. The molecule has 2 N–H and O–H groups in total. The van der Waals surface area contributed by atoms with E-state index in [-0.39, 0.29) is 0 Å². The maximum absolute atomic E-state index is 6.08. The molecule has 0 fully saturated rings. The average molecular weight is 289 g/mol. The molecule has 0 spiro atoms. The Hall–Kier alpha value is -2.15. The van der Waals surface area contributed by atoms with Crippen molar-refractivity contribution in [3.05, 3.63) is 28.7 Å². The van der Waals surface area contributed by atoms with Crippen LogP contribution in [0, 0.1) is 0 Å². The number of nitrogen functional groups attached to an aromatic ring is 1. The Morgan fingerprint density at radius 3 is 2.75 bits per heavy atom. The molecule has 104 valence electrons. The third-order valence-corrected chi connectivity index (χ3v) is 4.31. The fourth-order valence-corrected chi connectivity index (χ4v) is 3.00. The van der Waals surface area contributed by atoms with Crippen LogP contribution in [0.1, 0.15) is 18.9 Å². The molecule has 0 saturated carbocycles. The fraction of sp³-hybridized carbons (Fsp3) is 0.308. The molecule has 3 heterocycles. The van der Waals surface area contributed by atoms with E-state index in [1.807, 2.05) is 29.9 Å². The van der Waals surface area contributed by atoms with E-state index in [0.717, 1.165) is 10.5 Å². The van der Waals surface area contributed by atoms with Gasteiger partial charge >= 0.3 is 0 Å². The molecule has 0 bridgehead atoms. The molecule has 0 saturated heterocycles. The smallest absolute Gasteiger partial charge is 0.215 e. The molecule has 0 aromatic carbocycles. The summed E-state index contributed by atoms with van der Waals surface area (Å²) in [7, 11) is 1.59. The van der Waals surface area contributed by atoms with E-state index in [9.17, 15) is 0 Å². The van der Waals surface area contributed by atoms with Crippen LogP contribution < -0.4 is 10.5 Å². The molecule has 0 aliphatic heterocycles. The Morgan fingerprint density at radius 2 is 2.10 bits per heavy atom. The maximum atomic E-state index is 6.08. The maximum Gasteiger partial charge on any atom is 0.215 e. The third-order valence-electron chi connectivity index (χ3n) is 3.23. The van der Waals surface area contributed by atoms with Crippen LogP contribution in [0.2, 0.25) is 0 Å². The van der Waals surface area contributed by atoms with Gasteiger partial charge in [0.1, 0.15) is 10.5 Å². The largest absolute Gasteiger partial charge is 0.481 e. The molecule has 0 unspecified atom stereocenters. The molecule has 3 rings (SSSR count). The summed E-state index contributed by atoms with van der Waals surface area (Å²) in [6.45, 7) is 4.09. The SMILES string of the molecule is COc1ccc2nc(N)n(C(C)(C)c3nccs3)c2n1. The first-order valence-corrected chi connectivity index (χ1v) is 7.01. The molecule has 0 aliphatic rings. The normalized spacial score (nSPS) is 11.9. The molecule has 0 atom stereocenters. The molecule has 0 aliphatic carbocycles. The monoisotopic (exact) mass is 289 g/mol. The summed E-state index contributed by atoms with van der Waals surface area (Å²) in [5.41, 5.74) is 7.10. The molecule has 0 radical (unpaired) electrons. The van der Waals surface area contributed by atoms with E-state index in [0.29, 0.717) is 17.5 Å². The predicted octanol–water partition coefficient (Wildman–Crippen LogP) is 2.26. The Balaban J connectivity index is 2.27. The van der Waals surface area contributed by atoms with E-state index in [1.165, 1.54) is 0 Å². The minimum Gasteiger partial charge on any atom is -0.481 e. The number of methoxy groups -OCH3 is 1. The highest BCUT2D eigenvalue weighted by Gasteiger charge is 2.30. The number of aromatic nitrogens is 4. The summed E-state index contributed by atoms with van der Waals surface area (Å²) in [5, 5.41) is 2.90. The summed E-state index contributed by atoms with van der Waals surface area (Å²) < 4.78 is 7.08. The lowest BCUT2D eigenvalue weighted by molar-refractivity contribution is 0.396.